The number of rotatable bonds is 3. The molecule has 2 unspecified atom stereocenters. The van der Waals surface area contributed by atoms with Crippen LogP contribution >= 0.6 is 11.6 Å². The van der Waals surface area contributed by atoms with Crippen molar-refractivity contribution in [3.8, 4) is 5.75 Å². The smallest absolute Gasteiger partial charge is 0.119 e. The molecule has 2 fully saturated rings. The molecule has 116 valence electrons. The predicted molar refractivity (Wildman–Crippen MR) is 87.1 cm³/mol. The Kier molecular flexibility index (Phi) is 4.43. The van der Waals surface area contributed by atoms with Gasteiger partial charge >= 0.3 is 0 Å². The predicted octanol–water partition coefficient (Wildman–Crippen LogP) is 2.99. The van der Waals surface area contributed by atoms with Crippen molar-refractivity contribution in [3.63, 3.8) is 0 Å². The Morgan fingerprint density at radius 1 is 1.14 bits per heavy atom. The highest BCUT2D eigenvalue weighted by Gasteiger charge is 2.45. The maximum Gasteiger partial charge on any atom is 0.119 e. The van der Waals surface area contributed by atoms with Gasteiger partial charge in [0.15, 0.2) is 0 Å². The molecule has 2 bridgehead atoms. The van der Waals surface area contributed by atoms with E-state index in [0.717, 1.165) is 23.9 Å². The fraction of sp³-hybridized carbons (Fsp3) is 0.647. The van der Waals surface area contributed by atoms with Crippen molar-refractivity contribution in [2.45, 2.75) is 25.0 Å². The van der Waals surface area contributed by atoms with Gasteiger partial charge in [-0.25, -0.2) is 0 Å². The second-order valence-corrected chi connectivity index (χ2v) is 7.23. The quantitative estimate of drug-likeness (QED) is 0.854. The highest BCUT2D eigenvalue weighted by Crippen LogP contribution is 2.38. The standard InChI is InChI=1S/C17H25ClN2O/c1-19(2)16-9-4-12-10-20(3)11-15(16)17(12)21-14-7-5-13(18)6-8-14/h5-8,12,15-17H,4,9-11H2,1-3H3/t12?,15?,16-,17-/m1/s1. The Labute approximate surface area is 132 Å². The zero-order valence-corrected chi connectivity index (χ0v) is 13.9. The van der Waals surface area contributed by atoms with Crippen LogP contribution in [0.5, 0.6) is 5.75 Å². The number of hydrogen-bond acceptors (Lipinski definition) is 3. The minimum Gasteiger partial charge on any atom is -0.490 e. The number of hydrogen-bond donors (Lipinski definition) is 0. The molecule has 0 aromatic heterocycles. The van der Waals surface area contributed by atoms with Crippen LogP contribution < -0.4 is 4.74 Å². The lowest BCUT2D eigenvalue weighted by molar-refractivity contribution is -0.0622. The van der Waals surface area contributed by atoms with E-state index in [1.165, 1.54) is 12.8 Å². The third kappa shape index (κ3) is 3.20. The Morgan fingerprint density at radius 3 is 2.52 bits per heavy atom. The maximum atomic E-state index is 6.39. The fourth-order valence-electron chi connectivity index (χ4n) is 4.08. The van der Waals surface area contributed by atoms with Crippen molar-refractivity contribution in [2.75, 3.05) is 34.2 Å². The molecule has 4 heteroatoms. The molecular weight excluding hydrogens is 284 g/mol. The van der Waals surface area contributed by atoms with Gasteiger partial charge in [0.2, 0.25) is 0 Å². The van der Waals surface area contributed by atoms with Crippen LogP contribution in [0.25, 0.3) is 0 Å². The Hall–Kier alpha value is -0.770. The first-order valence-corrected chi connectivity index (χ1v) is 8.19. The molecule has 1 heterocycles. The normalized spacial score (nSPS) is 33.2. The van der Waals surface area contributed by atoms with Gasteiger partial charge in [-0.15, -0.1) is 0 Å². The van der Waals surface area contributed by atoms with E-state index in [1.54, 1.807) is 0 Å². The van der Waals surface area contributed by atoms with Gasteiger partial charge in [0.25, 0.3) is 0 Å². The maximum absolute atomic E-state index is 6.39. The molecule has 0 N–H and O–H groups in total. The zero-order chi connectivity index (χ0) is 15.0. The van der Waals surface area contributed by atoms with Crippen LogP contribution in [0, 0.1) is 11.8 Å². The van der Waals surface area contributed by atoms with Gasteiger partial charge < -0.3 is 14.5 Å². The second kappa shape index (κ2) is 6.15. The molecule has 2 aliphatic rings. The summed E-state index contributed by atoms with van der Waals surface area (Å²) in [5, 5.41) is 0.761. The van der Waals surface area contributed by atoms with E-state index in [9.17, 15) is 0 Å². The van der Waals surface area contributed by atoms with Crippen molar-refractivity contribution >= 4 is 11.6 Å². The highest BCUT2D eigenvalue weighted by molar-refractivity contribution is 6.30. The lowest BCUT2D eigenvalue weighted by Crippen LogP contribution is -2.60. The molecule has 1 aromatic rings. The van der Waals surface area contributed by atoms with Gasteiger partial charge in [-0.3, -0.25) is 0 Å². The summed E-state index contributed by atoms with van der Waals surface area (Å²) in [5.74, 6) is 2.16. The molecular formula is C17H25ClN2O. The largest absolute Gasteiger partial charge is 0.490 e. The minimum atomic E-state index is 0.323. The second-order valence-electron chi connectivity index (χ2n) is 6.79. The number of benzene rings is 1. The summed E-state index contributed by atoms with van der Waals surface area (Å²) in [4.78, 5) is 4.84. The van der Waals surface area contributed by atoms with Crippen LogP contribution in [0.3, 0.4) is 0 Å². The van der Waals surface area contributed by atoms with Gasteiger partial charge in [-0.2, -0.15) is 0 Å². The molecule has 3 nitrogen and oxygen atoms in total. The van der Waals surface area contributed by atoms with Gasteiger partial charge in [-0.05, 0) is 58.3 Å². The Morgan fingerprint density at radius 2 is 1.86 bits per heavy atom. The molecule has 4 atom stereocenters. The highest BCUT2D eigenvalue weighted by atomic mass is 35.5. The molecule has 21 heavy (non-hydrogen) atoms. The van der Waals surface area contributed by atoms with Gasteiger partial charge in [-0.1, -0.05) is 11.6 Å². The van der Waals surface area contributed by atoms with E-state index < -0.39 is 0 Å². The molecule has 1 saturated carbocycles. The average molecular weight is 309 g/mol. The van der Waals surface area contributed by atoms with Crippen molar-refractivity contribution in [1.29, 1.82) is 0 Å². The van der Waals surface area contributed by atoms with Gasteiger partial charge in [0.1, 0.15) is 11.9 Å². The van der Waals surface area contributed by atoms with Gasteiger partial charge in [0.05, 0.1) is 0 Å². The monoisotopic (exact) mass is 308 g/mol. The van der Waals surface area contributed by atoms with E-state index >= 15 is 0 Å². The molecule has 1 aliphatic heterocycles. The molecule has 0 radical (unpaired) electrons. The Balaban J connectivity index is 1.80. The van der Waals surface area contributed by atoms with Crippen LogP contribution in [-0.2, 0) is 0 Å². The van der Waals surface area contributed by atoms with Crippen molar-refractivity contribution < 1.29 is 4.74 Å². The molecule has 1 saturated heterocycles. The summed E-state index contributed by atoms with van der Waals surface area (Å²) < 4.78 is 6.39. The number of nitrogens with zero attached hydrogens (tertiary/aromatic N) is 2. The molecule has 0 amide bonds. The van der Waals surface area contributed by atoms with E-state index in [1.807, 2.05) is 24.3 Å². The third-order valence-electron chi connectivity index (χ3n) is 5.03. The van der Waals surface area contributed by atoms with E-state index in [4.69, 9.17) is 16.3 Å². The van der Waals surface area contributed by atoms with Crippen molar-refractivity contribution in [2.24, 2.45) is 11.8 Å². The Bertz CT molecular complexity index is 476. The topological polar surface area (TPSA) is 15.7 Å². The average Bonchev–Trinajstić information content (AvgIpc) is 2.42. The van der Waals surface area contributed by atoms with Crippen LogP contribution in [0.4, 0.5) is 0 Å². The van der Waals surface area contributed by atoms with Crippen molar-refractivity contribution in [1.82, 2.24) is 9.80 Å². The van der Waals surface area contributed by atoms with Crippen molar-refractivity contribution in [3.05, 3.63) is 29.3 Å². The summed E-state index contributed by atoms with van der Waals surface area (Å²) in [6, 6.07) is 8.40. The van der Waals surface area contributed by atoms with E-state index in [2.05, 4.69) is 30.9 Å². The van der Waals surface area contributed by atoms with Crippen LogP contribution in [0.2, 0.25) is 5.02 Å². The van der Waals surface area contributed by atoms with Gasteiger partial charge in [0, 0.05) is 36.0 Å². The summed E-state index contributed by atoms with van der Waals surface area (Å²) in [6.07, 6.45) is 2.86. The first-order chi connectivity index (χ1) is 10.0. The van der Waals surface area contributed by atoms with E-state index in [-0.39, 0.29) is 0 Å². The molecule has 1 aliphatic carbocycles. The SMILES string of the molecule is CN1CC2CC[C@@H](N(C)C)C(C1)[C@@H]2Oc1ccc(Cl)cc1. The van der Waals surface area contributed by atoms with E-state index in [0.29, 0.717) is 24.0 Å². The number of ether oxygens (including phenoxy) is 1. The number of likely N-dealkylation sites (tertiary alicyclic amines) is 1. The minimum absolute atomic E-state index is 0.323. The van der Waals surface area contributed by atoms with Crippen LogP contribution in [0.1, 0.15) is 12.8 Å². The first kappa shape index (κ1) is 15.1. The van der Waals surface area contributed by atoms with Crippen LogP contribution in [-0.4, -0.2) is 56.2 Å². The third-order valence-corrected chi connectivity index (χ3v) is 5.28. The number of fused-ring (bicyclic) bond motifs is 2. The summed E-state index contributed by atoms with van der Waals surface area (Å²) in [7, 11) is 6.62. The first-order valence-electron chi connectivity index (χ1n) is 7.82. The molecule has 0 spiro atoms. The lowest BCUT2D eigenvalue weighted by Gasteiger charge is -2.51. The fourth-order valence-corrected chi connectivity index (χ4v) is 4.21. The number of piperidine rings is 1. The molecule has 1 aromatic carbocycles. The molecule has 3 rings (SSSR count). The zero-order valence-electron chi connectivity index (χ0n) is 13.1. The van der Waals surface area contributed by atoms with Crippen LogP contribution in [0.15, 0.2) is 24.3 Å². The number of halogens is 1. The lowest BCUT2D eigenvalue weighted by atomic mass is 9.72. The summed E-state index contributed by atoms with van der Waals surface area (Å²) >= 11 is 5.97. The summed E-state index contributed by atoms with van der Waals surface area (Å²) in [5.41, 5.74) is 0. The summed E-state index contributed by atoms with van der Waals surface area (Å²) in [6.45, 7) is 2.27.